The van der Waals surface area contributed by atoms with Gasteiger partial charge in [-0.15, -0.1) is 0 Å². The molecule has 3 aliphatic rings. The molecule has 42 heavy (non-hydrogen) atoms. The van der Waals surface area contributed by atoms with Crippen LogP contribution in [0.4, 0.5) is 0 Å². The van der Waals surface area contributed by atoms with Gasteiger partial charge in [0.15, 0.2) is 0 Å². The zero-order chi connectivity index (χ0) is 30.5. The number of benzene rings is 1. The molecule has 8 nitrogen and oxygen atoms in total. The van der Waals surface area contributed by atoms with E-state index >= 15 is 0 Å². The van der Waals surface area contributed by atoms with Crippen molar-refractivity contribution in [1.29, 1.82) is 0 Å². The minimum Gasteiger partial charge on any atom is -0.456 e. The molecule has 0 amide bonds. The first-order valence-electron chi connectivity index (χ1n) is 16.0. The summed E-state index contributed by atoms with van der Waals surface area (Å²) in [6.45, 7) is 15.2. The summed E-state index contributed by atoms with van der Waals surface area (Å²) in [5, 5.41) is 6.70. The minimum absolute atomic E-state index is 0.147. The molecule has 1 saturated carbocycles. The molecule has 0 unspecified atom stereocenters. The molecule has 0 spiro atoms. The van der Waals surface area contributed by atoms with Crippen LogP contribution in [0.5, 0.6) is 0 Å². The molecular weight excluding hydrogens is 532 g/mol. The van der Waals surface area contributed by atoms with Crippen LogP contribution in [0.3, 0.4) is 0 Å². The topological polar surface area (TPSA) is 103 Å². The maximum absolute atomic E-state index is 13.6. The second-order valence-corrected chi connectivity index (χ2v) is 14.2. The molecule has 4 rings (SSSR count). The van der Waals surface area contributed by atoms with Gasteiger partial charge in [0, 0.05) is 11.8 Å². The lowest BCUT2D eigenvalue weighted by atomic mass is 9.79. The fourth-order valence-electron chi connectivity index (χ4n) is 6.96. The molecule has 234 valence electrons. The maximum Gasteiger partial charge on any atom is 0.338 e. The third-order valence-electron chi connectivity index (χ3n) is 9.94. The van der Waals surface area contributed by atoms with Gasteiger partial charge in [-0.2, -0.15) is 0 Å². The lowest BCUT2D eigenvalue weighted by molar-refractivity contribution is -0.0384. The van der Waals surface area contributed by atoms with Gasteiger partial charge in [0.2, 0.25) is 0 Å². The standard InChI is InChI=1S/C34H52N2O6/c1-32(2,26-10-8-7-9-11-26)40-29(37)23-20-24(30(38)41-33(3,4)27-12-16-35-17-13-27)22-25(21-23)31(39)42-34(5,6)28-14-18-36-19-15-28/h20-22,26-28,35-36H,7-19H2,1-6H3. The Labute approximate surface area is 252 Å². The van der Waals surface area contributed by atoms with Crippen molar-refractivity contribution >= 4 is 17.9 Å². The summed E-state index contributed by atoms with van der Waals surface area (Å²) < 4.78 is 18.2. The lowest BCUT2D eigenvalue weighted by Gasteiger charge is -2.37. The van der Waals surface area contributed by atoms with E-state index in [-0.39, 0.29) is 34.4 Å². The second-order valence-electron chi connectivity index (χ2n) is 14.2. The van der Waals surface area contributed by atoms with Gasteiger partial charge < -0.3 is 24.8 Å². The van der Waals surface area contributed by atoms with Crippen LogP contribution in [0, 0.1) is 17.8 Å². The molecule has 2 heterocycles. The lowest BCUT2D eigenvalue weighted by Crippen LogP contribution is -2.43. The molecule has 0 aromatic heterocycles. The number of nitrogens with one attached hydrogen (secondary N) is 2. The molecule has 0 radical (unpaired) electrons. The molecule has 0 bridgehead atoms. The predicted octanol–water partition coefficient (Wildman–Crippen LogP) is 6.07. The Bertz CT molecular complexity index is 959. The summed E-state index contributed by atoms with van der Waals surface area (Å²) in [6, 6.07) is 4.48. The minimum atomic E-state index is -0.698. The molecule has 0 atom stereocenters. The summed E-state index contributed by atoms with van der Waals surface area (Å²) in [7, 11) is 0. The van der Waals surface area contributed by atoms with Gasteiger partial charge in [-0.3, -0.25) is 0 Å². The third-order valence-corrected chi connectivity index (χ3v) is 9.94. The van der Waals surface area contributed by atoms with Crippen LogP contribution in [0.15, 0.2) is 18.2 Å². The van der Waals surface area contributed by atoms with E-state index < -0.39 is 34.7 Å². The van der Waals surface area contributed by atoms with E-state index in [0.29, 0.717) is 0 Å². The summed E-state index contributed by atoms with van der Waals surface area (Å²) in [5.41, 5.74) is -1.61. The van der Waals surface area contributed by atoms with E-state index in [2.05, 4.69) is 10.6 Å². The van der Waals surface area contributed by atoms with Gasteiger partial charge in [-0.05, 0) is 130 Å². The molecular formula is C34H52N2O6. The van der Waals surface area contributed by atoms with Crippen molar-refractivity contribution in [3.05, 3.63) is 34.9 Å². The normalized spacial score (nSPS) is 20.1. The summed E-state index contributed by atoms with van der Waals surface area (Å²) in [4.78, 5) is 40.7. The van der Waals surface area contributed by atoms with E-state index in [4.69, 9.17) is 14.2 Å². The van der Waals surface area contributed by atoms with Gasteiger partial charge >= 0.3 is 17.9 Å². The second kappa shape index (κ2) is 13.5. The van der Waals surface area contributed by atoms with Crippen molar-refractivity contribution in [2.24, 2.45) is 17.8 Å². The van der Waals surface area contributed by atoms with Gasteiger partial charge in [-0.25, -0.2) is 14.4 Å². The van der Waals surface area contributed by atoms with Gasteiger partial charge in [0.25, 0.3) is 0 Å². The van der Waals surface area contributed by atoms with Crippen molar-refractivity contribution in [2.75, 3.05) is 26.2 Å². The van der Waals surface area contributed by atoms with Crippen molar-refractivity contribution in [3.63, 3.8) is 0 Å². The van der Waals surface area contributed by atoms with Gasteiger partial charge in [0.05, 0.1) is 16.7 Å². The van der Waals surface area contributed by atoms with Crippen LogP contribution in [0.1, 0.15) is 130 Å². The highest BCUT2D eigenvalue weighted by molar-refractivity contribution is 6.00. The number of ether oxygens (including phenoxy) is 3. The molecule has 2 N–H and O–H groups in total. The largest absolute Gasteiger partial charge is 0.456 e. The smallest absolute Gasteiger partial charge is 0.338 e. The highest BCUT2D eigenvalue weighted by Gasteiger charge is 2.38. The quantitative estimate of drug-likeness (QED) is 0.266. The van der Waals surface area contributed by atoms with Crippen LogP contribution in [-0.4, -0.2) is 60.9 Å². The maximum atomic E-state index is 13.6. The zero-order valence-corrected chi connectivity index (χ0v) is 26.6. The average molecular weight is 585 g/mol. The van der Waals surface area contributed by atoms with E-state index in [0.717, 1.165) is 77.5 Å². The summed E-state index contributed by atoms with van der Waals surface area (Å²) in [6.07, 6.45) is 9.13. The first kappa shape index (κ1) is 32.5. The van der Waals surface area contributed by atoms with Crippen LogP contribution in [0.2, 0.25) is 0 Å². The highest BCUT2D eigenvalue weighted by Crippen LogP contribution is 2.36. The molecule has 1 aliphatic carbocycles. The number of esters is 3. The van der Waals surface area contributed by atoms with Crippen molar-refractivity contribution < 1.29 is 28.6 Å². The van der Waals surface area contributed by atoms with E-state index in [1.54, 1.807) is 0 Å². The number of carbonyl (C=O) groups excluding carboxylic acids is 3. The van der Waals surface area contributed by atoms with Crippen LogP contribution in [0.25, 0.3) is 0 Å². The Kier molecular flexibility index (Phi) is 10.4. The molecule has 2 aliphatic heterocycles. The number of hydrogen-bond donors (Lipinski definition) is 2. The Morgan fingerprint density at radius 1 is 0.524 bits per heavy atom. The average Bonchev–Trinajstić information content (AvgIpc) is 2.97. The Hall–Kier alpha value is -2.45. The number of rotatable bonds is 9. The Balaban J connectivity index is 1.60. The summed E-state index contributed by atoms with van der Waals surface area (Å²) >= 11 is 0. The fourth-order valence-corrected chi connectivity index (χ4v) is 6.96. The molecule has 8 heteroatoms. The molecule has 2 saturated heterocycles. The van der Waals surface area contributed by atoms with Gasteiger partial charge in [-0.1, -0.05) is 19.3 Å². The van der Waals surface area contributed by atoms with Crippen molar-refractivity contribution in [1.82, 2.24) is 10.6 Å². The summed E-state index contributed by atoms with van der Waals surface area (Å²) in [5.74, 6) is -0.989. The van der Waals surface area contributed by atoms with Crippen molar-refractivity contribution in [3.8, 4) is 0 Å². The molecule has 3 fully saturated rings. The first-order chi connectivity index (χ1) is 19.8. The van der Waals surface area contributed by atoms with E-state index in [1.807, 2.05) is 41.5 Å². The Morgan fingerprint density at radius 3 is 1.12 bits per heavy atom. The molecule has 1 aromatic rings. The zero-order valence-electron chi connectivity index (χ0n) is 26.6. The van der Waals surface area contributed by atoms with E-state index in [9.17, 15) is 14.4 Å². The number of piperidine rings is 2. The number of hydrogen-bond acceptors (Lipinski definition) is 8. The van der Waals surface area contributed by atoms with Crippen LogP contribution < -0.4 is 10.6 Å². The fraction of sp³-hybridized carbons (Fsp3) is 0.735. The van der Waals surface area contributed by atoms with Gasteiger partial charge in [0.1, 0.15) is 16.8 Å². The highest BCUT2D eigenvalue weighted by atomic mass is 16.6. The molecule has 1 aromatic carbocycles. The van der Waals surface area contributed by atoms with Crippen LogP contribution in [-0.2, 0) is 14.2 Å². The van der Waals surface area contributed by atoms with Crippen LogP contribution >= 0.6 is 0 Å². The predicted molar refractivity (Wildman–Crippen MR) is 163 cm³/mol. The number of carbonyl (C=O) groups is 3. The van der Waals surface area contributed by atoms with E-state index in [1.165, 1.54) is 24.6 Å². The first-order valence-corrected chi connectivity index (χ1v) is 16.0. The Morgan fingerprint density at radius 2 is 0.810 bits per heavy atom. The SMILES string of the molecule is CC(C)(OC(=O)c1cc(C(=O)OC(C)(C)C2CCNCC2)cc(C(=O)OC(C)(C)C2CCNCC2)c1)C1CCCCC1. The monoisotopic (exact) mass is 584 g/mol. The van der Waals surface area contributed by atoms with Crippen molar-refractivity contribution in [2.45, 2.75) is 116 Å². The third kappa shape index (κ3) is 8.13.